The Morgan fingerprint density at radius 2 is 1.92 bits per heavy atom. The van der Waals surface area contributed by atoms with Gasteiger partial charge in [-0.15, -0.1) is 0 Å². The fourth-order valence-electron chi connectivity index (χ4n) is 4.99. The minimum Gasteiger partial charge on any atom is -0.426 e. The molecule has 0 saturated heterocycles. The lowest BCUT2D eigenvalue weighted by Crippen LogP contribution is -2.38. The van der Waals surface area contributed by atoms with Crippen molar-refractivity contribution in [2.45, 2.75) is 25.8 Å². The molecule has 0 N–H and O–H groups in total. The van der Waals surface area contributed by atoms with Crippen LogP contribution in [-0.2, 0) is 11.2 Å². The number of esters is 1. The third-order valence-corrected chi connectivity index (χ3v) is 8.05. The standard InChI is InChI=1S/C29H20BrFN2O3S/c1-16(34)36-24-13-9-20(30)14-19(24)15-25-28(35)33-27(18-6-10-21(31)11-7-18)23-12-8-17-4-2-3-5-22(17)26(23)32-29(33)37-25/h2-7,9-11,13-15,27H,8,12H2,1H3/b25-15+/t27-/m1/s1. The number of nitrogens with zero attached hydrogens (tertiary/aromatic N) is 2. The highest BCUT2D eigenvalue weighted by Crippen LogP contribution is 2.41. The van der Waals surface area contributed by atoms with Crippen LogP contribution < -0.4 is 19.6 Å². The molecule has 1 atom stereocenters. The van der Waals surface area contributed by atoms with E-state index in [4.69, 9.17) is 9.73 Å². The number of aromatic nitrogens is 1. The first-order valence-corrected chi connectivity index (χ1v) is 13.4. The van der Waals surface area contributed by atoms with E-state index in [1.165, 1.54) is 36.0 Å². The molecule has 0 fully saturated rings. The van der Waals surface area contributed by atoms with Gasteiger partial charge < -0.3 is 4.74 Å². The van der Waals surface area contributed by atoms with E-state index in [-0.39, 0.29) is 11.4 Å². The van der Waals surface area contributed by atoms with E-state index in [2.05, 4.69) is 28.1 Å². The minimum atomic E-state index is -0.443. The van der Waals surface area contributed by atoms with Crippen LogP contribution in [0.25, 0.3) is 11.8 Å². The molecule has 1 aliphatic heterocycles. The molecule has 184 valence electrons. The van der Waals surface area contributed by atoms with Gasteiger partial charge in [-0.05, 0) is 65.9 Å². The average Bonchev–Trinajstić information content (AvgIpc) is 3.19. The molecular formula is C29H20BrFN2O3S. The number of halogens is 2. The van der Waals surface area contributed by atoms with E-state index in [1.54, 1.807) is 41.0 Å². The summed E-state index contributed by atoms with van der Waals surface area (Å²) in [7, 11) is 0. The first-order valence-electron chi connectivity index (χ1n) is 11.8. The number of thiazole rings is 1. The van der Waals surface area contributed by atoms with Gasteiger partial charge in [-0.3, -0.25) is 14.2 Å². The molecule has 37 heavy (non-hydrogen) atoms. The zero-order chi connectivity index (χ0) is 25.7. The lowest BCUT2D eigenvalue weighted by molar-refractivity contribution is -0.131. The number of benzene rings is 3. The monoisotopic (exact) mass is 574 g/mol. The molecular weight excluding hydrogens is 555 g/mol. The molecule has 1 aromatic heterocycles. The molecule has 6 rings (SSSR count). The third-order valence-electron chi connectivity index (χ3n) is 6.57. The molecule has 1 aliphatic carbocycles. The van der Waals surface area contributed by atoms with Crippen LogP contribution in [0, 0.1) is 5.82 Å². The third kappa shape index (κ3) is 4.30. The Labute approximate surface area is 224 Å². The molecule has 0 amide bonds. The smallest absolute Gasteiger partial charge is 0.308 e. The van der Waals surface area contributed by atoms with Gasteiger partial charge in [-0.25, -0.2) is 9.38 Å². The number of ether oxygens (including phenoxy) is 1. The number of hydrogen-bond donors (Lipinski definition) is 0. The minimum absolute atomic E-state index is 0.197. The second kappa shape index (κ2) is 9.36. The van der Waals surface area contributed by atoms with Gasteiger partial charge in [0.05, 0.1) is 16.3 Å². The second-order valence-electron chi connectivity index (χ2n) is 8.94. The van der Waals surface area contributed by atoms with Crippen molar-refractivity contribution in [1.29, 1.82) is 0 Å². The molecule has 2 aliphatic rings. The number of carbonyl (C=O) groups excluding carboxylic acids is 1. The lowest BCUT2D eigenvalue weighted by Gasteiger charge is -2.30. The summed E-state index contributed by atoms with van der Waals surface area (Å²) in [5.74, 6) is -0.405. The highest BCUT2D eigenvalue weighted by Gasteiger charge is 2.32. The van der Waals surface area contributed by atoms with Gasteiger partial charge in [0, 0.05) is 22.5 Å². The fraction of sp³-hybridized carbons (Fsp3) is 0.138. The van der Waals surface area contributed by atoms with Crippen molar-refractivity contribution in [3.05, 3.63) is 125 Å². The fourth-order valence-corrected chi connectivity index (χ4v) is 6.36. The zero-order valence-corrected chi connectivity index (χ0v) is 22.1. The highest BCUT2D eigenvalue weighted by molar-refractivity contribution is 9.10. The second-order valence-corrected chi connectivity index (χ2v) is 10.9. The summed E-state index contributed by atoms with van der Waals surface area (Å²) in [4.78, 5) is 31.1. The van der Waals surface area contributed by atoms with Crippen LogP contribution in [0.4, 0.5) is 4.39 Å². The van der Waals surface area contributed by atoms with E-state index in [0.717, 1.165) is 39.7 Å². The zero-order valence-electron chi connectivity index (χ0n) is 19.7. The molecule has 3 aromatic carbocycles. The van der Waals surface area contributed by atoms with Crippen molar-refractivity contribution < 1.29 is 13.9 Å². The Morgan fingerprint density at radius 1 is 1.14 bits per heavy atom. The van der Waals surface area contributed by atoms with E-state index in [1.807, 2.05) is 12.1 Å². The van der Waals surface area contributed by atoms with Crippen molar-refractivity contribution in [3.8, 4) is 5.75 Å². The summed E-state index contributed by atoms with van der Waals surface area (Å²) in [6, 6.07) is 19.4. The number of fused-ring (bicyclic) bond motifs is 3. The first-order chi connectivity index (χ1) is 17.9. The SMILES string of the molecule is CC(=O)Oc1ccc(Br)cc1/C=c1/sc2n(c1=O)[C@H](c1ccc(F)cc1)C1=C(N=2)c2ccccc2CC1. The molecule has 0 spiro atoms. The van der Waals surface area contributed by atoms with Crippen LogP contribution in [0.15, 0.2) is 86.6 Å². The van der Waals surface area contributed by atoms with Gasteiger partial charge in [0.2, 0.25) is 0 Å². The van der Waals surface area contributed by atoms with Crippen LogP contribution in [0.5, 0.6) is 5.75 Å². The maximum absolute atomic E-state index is 13.9. The Bertz CT molecular complexity index is 1790. The number of carbonyl (C=O) groups is 1. The van der Waals surface area contributed by atoms with Crippen LogP contribution in [-0.4, -0.2) is 10.5 Å². The Kier molecular flexibility index (Phi) is 6.01. The quantitative estimate of drug-likeness (QED) is 0.251. The van der Waals surface area contributed by atoms with Crippen molar-refractivity contribution in [1.82, 2.24) is 4.57 Å². The molecule has 0 unspecified atom stereocenters. The maximum atomic E-state index is 13.9. The Morgan fingerprint density at radius 3 is 2.70 bits per heavy atom. The number of hydrogen-bond acceptors (Lipinski definition) is 5. The van der Waals surface area contributed by atoms with Crippen LogP contribution >= 0.6 is 27.3 Å². The Balaban J connectivity index is 1.61. The number of allylic oxidation sites excluding steroid dienone is 1. The molecule has 4 aromatic rings. The summed E-state index contributed by atoms with van der Waals surface area (Å²) in [5.41, 5.74) is 5.46. The average molecular weight is 575 g/mol. The van der Waals surface area contributed by atoms with Crippen LogP contribution in [0.2, 0.25) is 0 Å². The molecule has 2 heterocycles. The number of rotatable bonds is 3. The molecule has 0 saturated carbocycles. The highest BCUT2D eigenvalue weighted by atomic mass is 79.9. The molecule has 0 bridgehead atoms. The molecule has 5 nitrogen and oxygen atoms in total. The van der Waals surface area contributed by atoms with Gasteiger partial charge in [-0.2, -0.15) is 0 Å². The summed E-state index contributed by atoms with van der Waals surface area (Å²) in [6.07, 6.45) is 3.33. The van der Waals surface area contributed by atoms with E-state index >= 15 is 0 Å². The normalized spacial score (nSPS) is 16.5. The molecule has 0 radical (unpaired) electrons. The topological polar surface area (TPSA) is 60.7 Å². The van der Waals surface area contributed by atoms with Gasteiger partial charge >= 0.3 is 5.97 Å². The van der Waals surface area contributed by atoms with Gasteiger partial charge in [0.15, 0.2) is 4.80 Å². The lowest BCUT2D eigenvalue weighted by atomic mass is 9.83. The van der Waals surface area contributed by atoms with Crippen LogP contribution in [0.1, 0.15) is 41.6 Å². The van der Waals surface area contributed by atoms with Crippen molar-refractivity contribution in [2.24, 2.45) is 4.99 Å². The Hall–Kier alpha value is -3.62. The number of aryl methyl sites for hydroxylation is 1. The maximum Gasteiger partial charge on any atom is 0.308 e. The summed E-state index contributed by atoms with van der Waals surface area (Å²) >= 11 is 4.74. The van der Waals surface area contributed by atoms with Crippen molar-refractivity contribution in [2.75, 3.05) is 0 Å². The van der Waals surface area contributed by atoms with Crippen LogP contribution in [0.3, 0.4) is 0 Å². The molecule has 8 heteroatoms. The van der Waals surface area contributed by atoms with Gasteiger partial charge in [0.25, 0.3) is 5.56 Å². The summed E-state index contributed by atoms with van der Waals surface area (Å²) in [5, 5.41) is 0. The van der Waals surface area contributed by atoms with Gasteiger partial charge in [-0.1, -0.05) is 63.7 Å². The van der Waals surface area contributed by atoms with E-state index in [9.17, 15) is 14.0 Å². The predicted octanol–water partition coefficient (Wildman–Crippen LogP) is 5.15. The first kappa shape index (κ1) is 23.8. The van der Waals surface area contributed by atoms with Crippen molar-refractivity contribution in [3.63, 3.8) is 0 Å². The van der Waals surface area contributed by atoms with Gasteiger partial charge in [0.1, 0.15) is 11.6 Å². The van der Waals surface area contributed by atoms with Crippen molar-refractivity contribution >= 4 is 45.0 Å². The largest absolute Gasteiger partial charge is 0.426 e. The summed E-state index contributed by atoms with van der Waals surface area (Å²) < 4.78 is 22.2. The van der Waals surface area contributed by atoms with E-state index < -0.39 is 12.0 Å². The predicted molar refractivity (Wildman–Crippen MR) is 145 cm³/mol. The van der Waals surface area contributed by atoms with E-state index in [0.29, 0.717) is 20.6 Å². The summed E-state index contributed by atoms with van der Waals surface area (Å²) in [6.45, 7) is 1.34.